The number of nitrogens with zero attached hydrogens (tertiary/aromatic N) is 1. The number of phenolic OH excluding ortho intramolecular Hbond substituents is 1. The first-order valence-corrected chi connectivity index (χ1v) is 4.38. The number of anilines is 1. The van der Waals surface area contributed by atoms with Crippen molar-refractivity contribution in [1.82, 2.24) is 10.2 Å². The molecule has 0 atom stereocenters. The van der Waals surface area contributed by atoms with Gasteiger partial charge in [-0.3, -0.25) is 5.10 Å². The Hall–Kier alpha value is -2.04. The SMILES string of the molecule is Cc1cc(O)cc(-c2cn[nH]c2N)c1F. The molecule has 15 heavy (non-hydrogen) atoms. The van der Waals surface area contributed by atoms with Gasteiger partial charge in [0.25, 0.3) is 0 Å². The molecule has 78 valence electrons. The highest BCUT2D eigenvalue weighted by atomic mass is 19.1. The summed E-state index contributed by atoms with van der Waals surface area (Å²) in [5.41, 5.74) is 6.64. The van der Waals surface area contributed by atoms with Gasteiger partial charge in [-0.1, -0.05) is 0 Å². The van der Waals surface area contributed by atoms with Crippen LogP contribution < -0.4 is 5.73 Å². The van der Waals surface area contributed by atoms with Gasteiger partial charge in [-0.05, 0) is 24.6 Å². The molecule has 0 bridgehead atoms. The van der Waals surface area contributed by atoms with Crippen molar-refractivity contribution in [3.05, 3.63) is 29.7 Å². The molecule has 2 aromatic rings. The number of phenols is 1. The second-order valence-corrected chi connectivity index (χ2v) is 3.32. The number of H-pyrrole nitrogens is 1. The Morgan fingerprint density at radius 2 is 2.13 bits per heavy atom. The van der Waals surface area contributed by atoms with Gasteiger partial charge in [-0.15, -0.1) is 0 Å². The predicted molar refractivity (Wildman–Crippen MR) is 54.8 cm³/mol. The molecule has 0 unspecified atom stereocenters. The van der Waals surface area contributed by atoms with E-state index in [4.69, 9.17) is 5.73 Å². The summed E-state index contributed by atoms with van der Waals surface area (Å²) in [4.78, 5) is 0. The highest BCUT2D eigenvalue weighted by molar-refractivity contribution is 5.75. The van der Waals surface area contributed by atoms with Gasteiger partial charge in [0.15, 0.2) is 0 Å². The summed E-state index contributed by atoms with van der Waals surface area (Å²) < 4.78 is 13.7. The summed E-state index contributed by atoms with van der Waals surface area (Å²) in [6.07, 6.45) is 1.42. The van der Waals surface area contributed by atoms with Crippen LogP contribution in [0.2, 0.25) is 0 Å². The molecular formula is C10H10FN3O. The molecule has 4 N–H and O–H groups in total. The van der Waals surface area contributed by atoms with Crippen molar-refractivity contribution in [3.63, 3.8) is 0 Å². The molecule has 5 heteroatoms. The van der Waals surface area contributed by atoms with E-state index in [0.717, 1.165) is 0 Å². The Morgan fingerprint density at radius 1 is 1.40 bits per heavy atom. The maximum atomic E-state index is 13.7. The fourth-order valence-corrected chi connectivity index (χ4v) is 1.46. The van der Waals surface area contributed by atoms with Crippen LogP contribution in [0.15, 0.2) is 18.3 Å². The smallest absolute Gasteiger partial charge is 0.134 e. The second kappa shape index (κ2) is 3.27. The summed E-state index contributed by atoms with van der Waals surface area (Å²) in [7, 11) is 0. The number of rotatable bonds is 1. The van der Waals surface area contributed by atoms with Crippen LogP contribution in [0.5, 0.6) is 5.75 Å². The van der Waals surface area contributed by atoms with Gasteiger partial charge in [-0.2, -0.15) is 5.10 Å². The number of hydrogen-bond donors (Lipinski definition) is 3. The predicted octanol–water partition coefficient (Wildman–Crippen LogP) is 1.81. The van der Waals surface area contributed by atoms with Crippen LogP contribution in [0.25, 0.3) is 11.1 Å². The van der Waals surface area contributed by atoms with Crippen LogP contribution in [-0.4, -0.2) is 15.3 Å². The van der Waals surface area contributed by atoms with Gasteiger partial charge >= 0.3 is 0 Å². The third kappa shape index (κ3) is 1.52. The first-order valence-electron chi connectivity index (χ1n) is 4.38. The summed E-state index contributed by atoms with van der Waals surface area (Å²) in [6, 6.07) is 2.68. The summed E-state index contributed by atoms with van der Waals surface area (Å²) >= 11 is 0. The van der Waals surface area contributed by atoms with Crippen molar-refractivity contribution < 1.29 is 9.50 Å². The fraction of sp³-hybridized carbons (Fsp3) is 0.100. The first kappa shape index (κ1) is 9.51. The second-order valence-electron chi connectivity index (χ2n) is 3.32. The van der Waals surface area contributed by atoms with Crippen molar-refractivity contribution >= 4 is 5.82 Å². The number of aromatic nitrogens is 2. The lowest BCUT2D eigenvalue weighted by atomic mass is 10.0. The lowest BCUT2D eigenvalue weighted by molar-refractivity contribution is 0.472. The number of nitrogens with one attached hydrogen (secondary N) is 1. The number of hydrogen-bond acceptors (Lipinski definition) is 3. The molecule has 2 rings (SSSR count). The maximum absolute atomic E-state index is 13.7. The van der Waals surface area contributed by atoms with E-state index in [1.54, 1.807) is 6.92 Å². The molecule has 1 heterocycles. The average molecular weight is 207 g/mol. The topological polar surface area (TPSA) is 74.9 Å². The molecule has 1 aromatic heterocycles. The molecule has 0 aliphatic carbocycles. The van der Waals surface area contributed by atoms with Crippen molar-refractivity contribution in [2.45, 2.75) is 6.92 Å². The summed E-state index contributed by atoms with van der Waals surface area (Å²) in [6.45, 7) is 1.58. The minimum absolute atomic E-state index is 0.00417. The van der Waals surface area contributed by atoms with Crippen molar-refractivity contribution in [2.24, 2.45) is 0 Å². The Balaban J connectivity index is 2.68. The number of benzene rings is 1. The van der Waals surface area contributed by atoms with Gasteiger partial charge in [0.05, 0.1) is 6.20 Å². The van der Waals surface area contributed by atoms with E-state index >= 15 is 0 Å². The molecule has 0 amide bonds. The molecule has 0 aliphatic rings. The van der Waals surface area contributed by atoms with Crippen molar-refractivity contribution in [3.8, 4) is 16.9 Å². The highest BCUT2D eigenvalue weighted by Crippen LogP contribution is 2.31. The van der Waals surface area contributed by atoms with E-state index in [-0.39, 0.29) is 17.1 Å². The van der Waals surface area contributed by atoms with E-state index in [1.165, 1.54) is 18.3 Å². The number of aromatic amines is 1. The van der Waals surface area contributed by atoms with Gasteiger partial charge in [-0.25, -0.2) is 4.39 Å². The van der Waals surface area contributed by atoms with Gasteiger partial charge in [0, 0.05) is 11.1 Å². The molecule has 0 spiro atoms. The van der Waals surface area contributed by atoms with Crippen LogP contribution in [-0.2, 0) is 0 Å². The zero-order valence-electron chi connectivity index (χ0n) is 8.08. The van der Waals surface area contributed by atoms with Crippen molar-refractivity contribution in [2.75, 3.05) is 5.73 Å². The maximum Gasteiger partial charge on any atom is 0.134 e. The van der Waals surface area contributed by atoms with E-state index in [2.05, 4.69) is 10.2 Å². The van der Waals surface area contributed by atoms with Gasteiger partial charge < -0.3 is 10.8 Å². The van der Waals surface area contributed by atoms with Crippen LogP contribution in [0, 0.1) is 12.7 Å². The highest BCUT2D eigenvalue weighted by Gasteiger charge is 2.13. The monoisotopic (exact) mass is 207 g/mol. The number of nitrogens with two attached hydrogens (primary N) is 1. The minimum Gasteiger partial charge on any atom is -0.508 e. The molecule has 0 aliphatic heterocycles. The van der Waals surface area contributed by atoms with E-state index in [9.17, 15) is 9.50 Å². The summed E-state index contributed by atoms with van der Waals surface area (Å²) in [5, 5.41) is 15.6. The van der Waals surface area contributed by atoms with E-state index in [1.807, 2.05) is 0 Å². The van der Waals surface area contributed by atoms with Gasteiger partial charge in [0.1, 0.15) is 17.4 Å². The molecule has 1 aromatic carbocycles. The quantitative estimate of drug-likeness (QED) is 0.667. The minimum atomic E-state index is -0.402. The molecular weight excluding hydrogens is 197 g/mol. The van der Waals surface area contributed by atoms with Crippen LogP contribution in [0.4, 0.5) is 10.2 Å². The zero-order valence-corrected chi connectivity index (χ0v) is 8.08. The van der Waals surface area contributed by atoms with Gasteiger partial charge in [0.2, 0.25) is 0 Å². The third-order valence-electron chi connectivity index (χ3n) is 2.20. The normalized spacial score (nSPS) is 10.5. The zero-order chi connectivity index (χ0) is 11.0. The largest absolute Gasteiger partial charge is 0.508 e. The molecule has 0 radical (unpaired) electrons. The Bertz CT molecular complexity index is 507. The summed E-state index contributed by atoms with van der Waals surface area (Å²) in [5.74, 6) is -0.121. The Morgan fingerprint density at radius 3 is 2.73 bits per heavy atom. The molecule has 0 saturated heterocycles. The number of aromatic hydroxyl groups is 1. The fourth-order valence-electron chi connectivity index (χ4n) is 1.46. The van der Waals surface area contributed by atoms with Crippen LogP contribution in [0.3, 0.4) is 0 Å². The molecule has 0 fully saturated rings. The number of aryl methyl sites for hydroxylation is 1. The van der Waals surface area contributed by atoms with E-state index < -0.39 is 5.82 Å². The van der Waals surface area contributed by atoms with Crippen LogP contribution in [0.1, 0.15) is 5.56 Å². The average Bonchev–Trinajstić information content (AvgIpc) is 2.58. The van der Waals surface area contributed by atoms with Crippen molar-refractivity contribution in [1.29, 1.82) is 0 Å². The lowest BCUT2D eigenvalue weighted by Gasteiger charge is -2.05. The third-order valence-corrected chi connectivity index (χ3v) is 2.20. The number of halogens is 1. The standard InChI is InChI=1S/C10H10FN3O/c1-5-2-6(15)3-7(9(5)11)8-4-13-14-10(8)12/h2-4,15H,1H3,(H3,12,13,14). The Labute approximate surface area is 85.6 Å². The van der Waals surface area contributed by atoms with E-state index in [0.29, 0.717) is 11.1 Å². The lowest BCUT2D eigenvalue weighted by Crippen LogP contribution is -1.92. The Kier molecular flexibility index (Phi) is 2.07. The molecule has 0 saturated carbocycles. The first-order chi connectivity index (χ1) is 7.09. The van der Waals surface area contributed by atoms with Crippen LogP contribution >= 0.6 is 0 Å². The molecule has 4 nitrogen and oxygen atoms in total. The number of nitrogen functional groups attached to an aromatic ring is 1.